The number of ether oxygens (including phenoxy) is 1. The lowest BCUT2D eigenvalue weighted by Crippen LogP contribution is -2.29. The van der Waals surface area contributed by atoms with Gasteiger partial charge in [0.1, 0.15) is 11.8 Å². The number of nitrogens with one attached hydrogen (secondary N) is 2. The van der Waals surface area contributed by atoms with Crippen LogP contribution in [0.3, 0.4) is 0 Å². The average Bonchev–Trinajstić information content (AvgIpc) is 2.37. The van der Waals surface area contributed by atoms with Crippen molar-refractivity contribution in [2.45, 2.75) is 19.8 Å². The largest absolute Gasteiger partial charge is 0.479 e. The first-order chi connectivity index (χ1) is 8.76. The summed E-state index contributed by atoms with van der Waals surface area (Å²) in [6, 6.07) is 8.59. The molecule has 2 amide bonds. The van der Waals surface area contributed by atoms with E-state index in [-0.39, 0.29) is 12.6 Å². The van der Waals surface area contributed by atoms with Crippen LogP contribution in [0.15, 0.2) is 24.3 Å². The van der Waals surface area contributed by atoms with Crippen LogP contribution in [0.5, 0.6) is 5.75 Å². The van der Waals surface area contributed by atoms with Gasteiger partial charge in [0, 0.05) is 18.3 Å². The summed E-state index contributed by atoms with van der Waals surface area (Å²) in [5, 5.41) is 13.9. The Labute approximate surface area is 107 Å². The summed E-state index contributed by atoms with van der Waals surface area (Å²) in [6.45, 7) is 2.72. The zero-order chi connectivity index (χ0) is 13.2. The number of anilines is 1. The van der Waals surface area contributed by atoms with E-state index < -0.39 is 0 Å². The number of rotatable bonds is 6. The van der Waals surface area contributed by atoms with Crippen molar-refractivity contribution in [2.75, 3.05) is 18.5 Å². The number of amides is 2. The maximum atomic E-state index is 11.5. The van der Waals surface area contributed by atoms with Crippen molar-refractivity contribution in [2.24, 2.45) is 0 Å². The molecule has 1 rings (SSSR count). The number of unbranched alkanes of at least 4 members (excludes halogenated alkanes) is 1. The third-order valence-corrected chi connectivity index (χ3v) is 2.21. The van der Waals surface area contributed by atoms with Crippen LogP contribution in [0.1, 0.15) is 19.8 Å². The fourth-order valence-corrected chi connectivity index (χ4v) is 1.33. The minimum atomic E-state index is -0.235. The van der Waals surface area contributed by atoms with Crippen molar-refractivity contribution in [3.63, 3.8) is 0 Å². The van der Waals surface area contributed by atoms with E-state index >= 15 is 0 Å². The summed E-state index contributed by atoms with van der Waals surface area (Å²) in [5.41, 5.74) is 0.638. The lowest BCUT2D eigenvalue weighted by Gasteiger charge is -2.08. The molecule has 0 saturated carbocycles. The fourth-order valence-electron chi connectivity index (χ4n) is 1.33. The third-order valence-electron chi connectivity index (χ3n) is 2.21. The van der Waals surface area contributed by atoms with Crippen molar-refractivity contribution in [1.29, 1.82) is 5.26 Å². The number of urea groups is 1. The molecule has 0 spiro atoms. The molecule has 18 heavy (non-hydrogen) atoms. The molecule has 2 N–H and O–H groups in total. The number of benzene rings is 1. The van der Waals surface area contributed by atoms with E-state index in [9.17, 15) is 4.79 Å². The van der Waals surface area contributed by atoms with Gasteiger partial charge in [-0.25, -0.2) is 4.79 Å². The van der Waals surface area contributed by atoms with Gasteiger partial charge in [-0.15, -0.1) is 0 Å². The Balaban J connectivity index is 2.46. The Morgan fingerprint density at radius 3 is 3.06 bits per heavy atom. The first-order valence-corrected chi connectivity index (χ1v) is 5.91. The van der Waals surface area contributed by atoms with Gasteiger partial charge in [-0.05, 0) is 18.6 Å². The van der Waals surface area contributed by atoms with Gasteiger partial charge in [0.25, 0.3) is 0 Å². The van der Waals surface area contributed by atoms with Crippen LogP contribution in [0.4, 0.5) is 10.5 Å². The van der Waals surface area contributed by atoms with Gasteiger partial charge < -0.3 is 15.4 Å². The van der Waals surface area contributed by atoms with E-state index in [0.29, 0.717) is 18.0 Å². The Kier molecular flexibility index (Phi) is 6.12. The molecule has 0 fully saturated rings. The van der Waals surface area contributed by atoms with Gasteiger partial charge in [0.15, 0.2) is 6.61 Å². The monoisotopic (exact) mass is 247 g/mol. The Bertz CT molecular complexity index is 426. The van der Waals surface area contributed by atoms with Gasteiger partial charge in [-0.2, -0.15) is 5.26 Å². The molecule has 0 saturated heterocycles. The number of hydrogen-bond donors (Lipinski definition) is 2. The van der Waals surface area contributed by atoms with E-state index in [2.05, 4.69) is 17.6 Å². The smallest absolute Gasteiger partial charge is 0.319 e. The second-order valence-electron chi connectivity index (χ2n) is 3.71. The number of hydrogen-bond acceptors (Lipinski definition) is 3. The predicted molar refractivity (Wildman–Crippen MR) is 69.5 cm³/mol. The zero-order valence-electron chi connectivity index (χ0n) is 10.4. The van der Waals surface area contributed by atoms with Crippen molar-refractivity contribution < 1.29 is 9.53 Å². The van der Waals surface area contributed by atoms with Crippen LogP contribution in [-0.4, -0.2) is 19.2 Å². The van der Waals surface area contributed by atoms with Crippen LogP contribution in [0.25, 0.3) is 0 Å². The third kappa shape index (κ3) is 5.21. The summed E-state index contributed by atoms with van der Waals surface area (Å²) in [5.74, 6) is 0.558. The minimum absolute atomic E-state index is 0.00779. The molecule has 0 aromatic heterocycles. The predicted octanol–water partition coefficient (Wildman–Crippen LogP) is 2.51. The molecule has 0 aliphatic rings. The maximum Gasteiger partial charge on any atom is 0.319 e. The number of nitrogens with zero attached hydrogens (tertiary/aromatic N) is 1. The standard InChI is InChI=1S/C13H17N3O2/c1-2-3-8-15-13(17)16-11-5-4-6-12(10-11)18-9-7-14/h4-6,10H,2-3,8-9H2,1H3,(H2,15,16,17). The molecule has 0 radical (unpaired) electrons. The van der Waals surface area contributed by atoms with E-state index in [1.807, 2.05) is 6.07 Å². The molecule has 96 valence electrons. The van der Waals surface area contributed by atoms with Gasteiger partial charge in [-0.1, -0.05) is 19.4 Å². The highest BCUT2D eigenvalue weighted by Gasteiger charge is 2.01. The van der Waals surface area contributed by atoms with Gasteiger partial charge in [0.05, 0.1) is 0 Å². The minimum Gasteiger partial charge on any atom is -0.479 e. The molecule has 5 nitrogen and oxygen atoms in total. The topological polar surface area (TPSA) is 74.2 Å². The summed E-state index contributed by atoms with van der Waals surface area (Å²) in [6.07, 6.45) is 2.00. The van der Waals surface area contributed by atoms with Crippen LogP contribution in [0.2, 0.25) is 0 Å². The summed E-state index contributed by atoms with van der Waals surface area (Å²) >= 11 is 0. The summed E-state index contributed by atoms with van der Waals surface area (Å²) < 4.78 is 5.14. The molecular formula is C13H17N3O2. The Hall–Kier alpha value is -2.22. The molecule has 0 bridgehead atoms. The molecular weight excluding hydrogens is 230 g/mol. The molecule has 0 aliphatic heterocycles. The van der Waals surface area contributed by atoms with Crippen LogP contribution >= 0.6 is 0 Å². The fraction of sp³-hybridized carbons (Fsp3) is 0.385. The normalized spacial score (nSPS) is 9.33. The van der Waals surface area contributed by atoms with Crippen molar-refractivity contribution in [1.82, 2.24) is 5.32 Å². The van der Waals surface area contributed by atoms with Crippen molar-refractivity contribution in [3.05, 3.63) is 24.3 Å². The number of carbonyl (C=O) groups excluding carboxylic acids is 1. The maximum absolute atomic E-state index is 11.5. The van der Waals surface area contributed by atoms with E-state index in [1.165, 1.54) is 0 Å². The van der Waals surface area contributed by atoms with E-state index in [1.54, 1.807) is 24.3 Å². The first kappa shape index (κ1) is 13.8. The van der Waals surface area contributed by atoms with Crippen LogP contribution in [-0.2, 0) is 0 Å². The molecule has 0 heterocycles. The first-order valence-electron chi connectivity index (χ1n) is 5.91. The SMILES string of the molecule is CCCCNC(=O)Nc1cccc(OCC#N)c1. The van der Waals surface area contributed by atoms with Gasteiger partial charge in [0.2, 0.25) is 0 Å². The highest BCUT2D eigenvalue weighted by molar-refractivity contribution is 5.89. The highest BCUT2D eigenvalue weighted by atomic mass is 16.5. The van der Waals surface area contributed by atoms with Gasteiger partial charge in [-0.3, -0.25) is 0 Å². The molecule has 5 heteroatoms. The number of carbonyl (C=O) groups is 1. The van der Waals surface area contributed by atoms with Gasteiger partial charge >= 0.3 is 6.03 Å². The lowest BCUT2D eigenvalue weighted by atomic mass is 10.3. The van der Waals surface area contributed by atoms with Crippen molar-refractivity contribution in [3.8, 4) is 11.8 Å². The zero-order valence-corrected chi connectivity index (χ0v) is 10.4. The molecule has 0 unspecified atom stereocenters. The second kappa shape index (κ2) is 7.96. The Morgan fingerprint density at radius 1 is 1.50 bits per heavy atom. The molecule has 1 aromatic rings. The lowest BCUT2D eigenvalue weighted by molar-refractivity contribution is 0.252. The average molecular weight is 247 g/mol. The van der Waals surface area contributed by atoms with Crippen molar-refractivity contribution >= 4 is 11.7 Å². The highest BCUT2D eigenvalue weighted by Crippen LogP contribution is 2.16. The number of nitriles is 1. The quantitative estimate of drug-likeness (QED) is 0.758. The molecule has 1 aromatic carbocycles. The van der Waals surface area contributed by atoms with Crippen LogP contribution < -0.4 is 15.4 Å². The molecule has 0 atom stereocenters. The molecule has 0 aliphatic carbocycles. The second-order valence-corrected chi connectivity index (χ2v) is 3.71. The van der Waals surface area contributed by atoms with Crippen LogP contribution in [0, 0.1) is 11.3 Å². The van der Waals surface area contributed by atoms with E-state index in [4.69, 9.17) is 10.00 Å². The summed E-state index contributed by atoms with van der Waals surface area (Å²) in [4.78, 5) is 11.5. The summed E-state index contributed by atoms with van der Waals surface area (Å²) in [7, 11) is 0. The Morgan fingerprint density at radius 2 is 2.33 bits per heavy atom. The van der Waals surface area contributed by atoms with E-state index in [0.717, 1.165) is 12.8 Å².